The second kappa shape index (κ2) is 5.51. The highest BCUT2D eigenvalue weighted by Gasteiger charge is 2.33. The number of hydrogen-bond acceptors (Lipinski definition) is 3. The quantitative estimate of drug-likeness (QED) is 0.758. The van der Waals surface area contributed by atoms with Gasteiger partial charge in [0.15, 0.2) is 11.5 Å². The molecule has 104 valence electrons. The molecule has 2 aliphatic heterocycles. The number of ether oxygens (including phenoxy) is 3. The maximum Gasteiger partial charge on any atom is 0.162 e. The lowest BCUT2D eigenvalue weighted by atomic mass is 9.97. The molecule has 3 atom stereocenters. The Kier molecular flexibility index (Phi) is 3.92. The first-order valence-corrected chi connectivity index (χ1v) is 7.81. The van der Waals surface area contributed by atoms with Crippen LogP contribution in [0.15, 0.2) is 12.1 Å². The summed E-state index contributed by atoms with van der Waals surface area (Å²) in [6, 6.07) is 3.80. The van der Waals surface area contributed by atoms with Gasteiger partial charge in [-0.05, 0) is 24.0 Å². The molecule has 0 spiro atoms. The van der Waals surface area contributed by atoms with Crippen molar-refractivity contribution in [3.63, 3.8) is 0 Å². The van der Waals surface area contributed by atoms with E-state index in [9.17, 15) is 0 Å². The monoisotopic (exact) mass is 346 g/mol. The number of rotatable bonds is 2. The van der Waals surface area contributed by atoms with Crippen LogP contribution in [0.3, 0.4) is 0 Å². The molecule has 1 aromatic rings. The first-order valence-electron chi connectivity index (χ1n) is 6.51. The molecule has 3 unspecified atom stereocenters. The Labute approximate surface area is 126 Å². The van der Waals surface area contributed by atoms with Gasteiger partial charge in [0.05, 0.1) is 10.9 Å². The third kappa shape index (κ3) is 2.58. The summed E-state index contributed by atoms with van der Waals surface area (Å²) in [5.41, 5.74) is 1.00. The first-order chi connectivity index (χ1) is 9.16. The topological polar surface area (TPSA) is 27.7 Å². The number of alkyl halides is 1. The average molecular weight is 348 g/mol. The number of hydrogen-bond donors (Lipinski definition) is 0. The molecule has 0 bridgehead atoms. The van der Waals surface area contributed by atoms with Crippen molar-refractivity contribution < 1.29 is 14.2 Å². The highest BCUT2D eigenvalue weighted by atomic mass is 79.9. The van der Waals surface area contributed by atoms with Gasteiger partial charge in [-0.2, -0.15) is 0 Å². The molecule has 0 radical (unpaired) electrons. The third-order valence-corrected chi connectivity index (χ3v) is 5.03. The second-order valence-electron chi connectivity index (χ2n) is 5.02. The lowest BCUT2D eigenvalue weighted by Gasteiger charge is -2.25. The van der Waals surface area contributed by atoms with Crippen molar-refractivity contribution in [2.75, 3.05) is 19.8 Å². The van der Waals surface area contributed by atoms with Crippen molar-refractivity contribution in [3.8, 4) is 11.5 Å². The molecule has 19 heavy (non-hydrogen) atoms. The molecule has 0 saturated carbocycles. The van der Waals surface area contributed by atoms with Crippen LogP contribution in [0.25, 0.3) is 0 Å². The molecule has 0 aliphatic carbocycles. The van der Waals surface area contributed by atoms with Crippen LogP contribution >= 0.6 is 27.5 Å². The minimum atomic E-state index is 0.0772. The summed E-state index contributed by atoms with van der Waals surface area (Å²) in [4.78, 5) is 0.0772. The van der Waals surface area contributed by atoms with Gasteiger partial charge in [-0.25, -0.2) is 0 Å². The molecule has 1 fully saturated rings. The van der Waals surface area contributed by atoms with E-state index in [1.54, 1.807) is 0 Å². The lowest BCUT2D eigenvalue weighted by molar-refractivity contribution is 0.0933. The summed E-state index contributed by atoms with van der Waals surface area (Å²) >= 11 is 10.1. The summed E-state index contributed by atoms with van der Waals surface area (Å²) in [6.07, 6.45) is 1.25. The van der Waals surface area contributed by atoms with Gasteiger partial charge in [-0.1, -0.05) is 34.5 Å². The Balaban J connectivity index is 1.91. The molecular formula is C14H16BrClO3. The molecule has 3 nitrogen and oxygen atoms in total. The second-order valence-corrected chi connectivity index (χ2v) is 6.41. The first kappa shape index (κ1) is 13.5. The van der Waals surface area contributed by atoms with Crippen molar-refractivity contribution in [3.05, 3.63) is 22.7 Å². The summed E-state index contributed by atoms with van der Waals surface area (Å²) < 4.78 is 16.9. The Hall–Kier alpha value is -0.450. The predicted octanol–water partition coefficient (Wildman–Crippen LogP) is 3.97. The summed E-state index contributed by atoms with van der Waals surface area (Å²) in [5, 5.41) is 0.689. The van der Waals surface area contributed by atoms with Crippen LogP contribution in [-0.2, 0) is 4.74 Å². The van der Waals surface area contributed by atoms with Crippen LogP contribution in [0.4, 0.5) is 0 Å². The van der Waals surface area contributed by atoms with Crippen LogP contribution in [0.2, 0.25) is 5.02 Å². The van der Waals surface area contributed by atoms with Gasteiger partial charge in [-0.3, -0.25) is 0 Å². The van der Waals surface area contributed by atoms with Gasteiger partial charge in [0, 0.05) is 17.7 Å². The lowest BCUT2D eigenvalue weighted by Crippen LogP contribution is -2.20. The van der Waals surface area contributed by atoms with Gasteiger partial charge in [0.2, 0.25) is 0 Å². The molecule has 5 heteroatoms. The molecule has 0 N–H and O–H groups in total. The van der Waals surface area contributed by atoms with E-state index in [-0.39, 0.29) is 10.9 Å². The van der Waals surface area contributed by atoms with Gasteiger partial charge in [0.1, 0.15) is 13.2 Å². The Morgan fingerprint density at radius 3 is 2.53 bits per heavy atom. The standard InChI is InChI=1S/C14H16BrClO3/c1-8-2-3-19-14(8)13(15)9-6-11-12(7-10(9)16)18-5-4-17-11/h6-8,13-14H,2-5H2,1H3. The predicted molar refractivity (Wildman–Crippen MR) is 77.6 cm³/mol. The smallest absolute Gasteiger partial charge is 0.162 e. The highest BCUT2D eigenvalue weighted by molar-refractivity contribution is 9.09. The molecule has 0 aromatic heterocycles. The summed E-state index contributed by atoms with van der Waals surface area (Å²) in [5.74, 6) is 2.01. The summed E-state index contributed by atoms with van der Waals surface area (Å²) in [6.45, 7) is 4.18. The van der Waals surface area contributed by atoms with Crippen molar-refractivity contribution in [1.82, 2.24) is 0 Å². The molecule has 2 aliphatic rings. The third-order valence-electron chi connectivity index (χ3n) is 3.69. The van der Waals surface area contributed by atoms with Crippen LogP contribution in [0, 0.1) is 5.92 Å². The van der Waals surface area contributed by atoms with Crippen molar-refractivity contribution in [2.45, 2.75) is 24.3 Å². The molecule has 1 saturated heterocycles. The SMILES string of the molecule is CC1CCOC1C(Br)c1cc2c(cc1Cl)OCCO2. The van der Waals surface area contributed by atoms with Crippen molar-refractivity contribution in [2.24, 2.45) is 5.92 Å². The maximum absolute atomic E-state index is 6.36. The molecule has 3 rings (SSSR count). The fraction of sp³-hybridized carbons (Fsp3) is 0.571. The van der Waals surface area contributed by atoms with E-state index in [2.05, 4.69) is 22.9 Å². The minimum absolute atomic E-state index is 0.0772. The fourth-order valence-corrected chi connectivity index (χ4v) is 4.01. The zero-order valence-corrected chi connectivity index (χ0v) is 13.0. The van der Waals surface area contributed by atoms with E-state index in [4.69, 9.17) is 25.8 Å². The average Bonchev–Trinajstić information content (AvgIpc) is 2.83. The molecule has 1 aromatic carbocycles. The number of halogens is 2. The van der Waals surface area contributed by atoms with Crippen LogP contribution < -0.4 is 9.47 Å². The van der Waals surface area contributed by atoms with Crippen LogP contribution in [0.1, 0.15) is 23.7 Å². The van der Waals surface area contributed by atoms with E-state index in [1.165, 1.54) is 0 Å². The van der Waals surface area contributed by atoms with Crippen LogP contribution in [-0.4, -0.2) is 25.9 Å². The van der Waals surface area contributed by atoms with Gasteiger partial charge < -0.3 is 14.2 Å². The maximum atomic E-state index is 6.36. The number of benzene rings is 1. The molecular weight excluding hydrogens is 332 g/mol. The normalized spacial score (nSPS) is 27.3. The molecule has 0 amide bonds. The Bertz CT molecular complexity index is 480. The van der Waals surface area contributed by atoms with Crippen molar-refractivity contribution >= 4 is 27.5 Å². The largest absolute Gasteiger partial charge is 0.486 e. The van der Waals surface area contributed by atoms with Crippen LogP contribution in [0.5, 0.6) is 11.5 Å². The highest BCUT2D eigenvalue weighted by Crippen LogP contribution is 2.44. The van der Waals surface area contributed by atoms with E-state index in [0.717, 1.165) is 30.1 Å². The van der Waals surface area contributed by atoms with E-state index in [1.807, 2.05) is 12.1 Å². The zero-order valence-electron chi connectivity index (χ0n) is 10.7. The van der Waals surface area contributed by atoms with E-state index >= 15 is 0 Å². The van der Waals surface area contributed by atoms with Gasteiger partial charge >= 0.3 is 0 Å². The van der Waals surface area contributed by atoms with Crippen molar-refractivity contribution in [1.29, 1.82) is 0 Å². The Morgan fingerprint density at radius 2 is 1.89 bits per heavy atom. The minimum Gasteiger partial charge on any atom is -0.486 e. The fourth-order valence-electron chi connectivity index (χ4n) is 2.56. The number of fused-ring (bicyclic) bond motifs is 1. The Morgan fingerprint density at radius 1 is 1.21 bits per heavy atom. The summed E-state index contributed by atoms with van der Waals surface area (Å²) in [7, 11) is 0. The van der Waals surface area contributed by atoms with E-state index < -0.39 is 0 Å². The van der Waals surface area contributed by atoms with Gasteiger partial charge in [0.25, 0.3) is 0 Å². The van der Waals surface area contributed by atoms with Gasteiger partial charge in [-0.15, -0.1) is 0 Å². The molecule has 2 heterocycles. The zero-order chi connectivity index (χ0) is 13.4. The van der Waals surface area contributed by atoms with E-state index in [0.29, 0.717) is 24.2 Å².